The lowest BCUT2D eigenvalue weighted by Gasteiger charge is -2.27. The largest absolute Gasteiger partial charge is 0.508 e. The van der Waals surface area contributed by atoms with Crippen molar-refractivity contribution in [3.8, 4) is 5.75 Å². The van der Waals surface area contributed by atoms with Crippen LogP contribution in [-0.4, -0.2) is 35.6 Å². The van der Waals surface area contributed by atoms with E-state index in [9.17, 15) is 15.0 Å². The molecular weight excluding hydrogens is 260 g/mol. The van der Waals surface area contributed by atoms with E-state index in [0.29, 0.717) is 0 Å². The zero-order chi connectivity index (χ0) is 14.7. The maximum Gasteiger partial charge on any atom is 0.306 e. The van der Waals surface area contributed by atoms with Gasteiger partial charge in [0.05, 0.1) is 13.5 Å². The molecule has 4 atom stereocenters. The van der Waals surface area contributed by atoms with Crippen LogP contribution in [0.3, 0.4) is 0 Å². The van der Waals surface area contributed by atoms with Crippen LogP contribution in [0.2, 0.25) is 0 Å². The standard InChI is InChI=1S/C14H20N2O4/c1-8-13(14(19)16-15-8)11(7-12(18)20-2)9-3-5-10(17)6-4-9/h3-6,8,11,13-17,19H,7H2,1-2H3. The zero-order valence-electron chi connectivity index (χ0n) is 11.5. The zero-order valence-corrected chi connectivity index (χ0v) is 11.5. The molecular formula is C14H20N2O4. The van der Waals surface area contributed by atoms with E-state index in [-0.39, 0.29) is 36.0 Å². The molecule has 0 aliphatic carbocycles. The number of esters is 1. The van der Waals surface area contributed by atoms with E-state index >= 15 is 0 Å². The Morgan fingerprint density at radius 2 is 2.00 bits per heavy atom. The van der Waals surface area contributed by atoms with Crippen molar-refractivity contribution < 1.29 is 19.7 Å². The molecule has 20 heavy (non-hydrogen) atoms. The lowest BCUT2D eigenvalue weighted by Crippen LogP contribution is -2.33. The summed E-state index contributed by atoms with van der Waals surface area (Å²) < 4.78 is 4.75. The van der Waals surface area contributed by atoms with Crippen molar-refractivity contribution >= 4 is 5.97 Å². The second-order valence-corrected chi connectivity index (χ2v) is 5.08. The Kier molecular flexibility index (Phi) is 4.59. The molecule has 1 aromatic rings. The SMILES string of the molecule is COC(=O)CC(c1ccc(O)cc1)C1C(C)NNC1O. The molecule has 1 aliphatic heterocycles. The molecule has 1 fully saturated rings. The number of rotatable bonds is 4. The summed E-state index contributed by atoms with van der Waals surface area (Å²) in [6.07, 6.45) is -0.565. The van der Waals surface area contributed by atoms with Gasteiger partial charge in [-0.2, -0.15) is 0 Å². The number of carbonyl (C=O) groups is 1. The van der Waals surface area contributed by atoms with E-state index in [1.54, 1.807) is 24.3 Å². The first-order valence-corrected chi connectivity index (χ1v) is 6.57. The van der Waals surface area contributed by atoms with Crippen LogP contribution in [0, 0.1) is 5.92 Å². The average Bonchev–Trinajstić information content (AvgIpc) is 2.76. The summed E-state index contributed by atoms with van der Waals surface area (Å²) in [6.45, 7) is 1.94. The summed E-state index contributed by atoms with van der Waals surface area (Å²) in [6, 6.07) is 6.69. The van der Waals surface area contributed by atoms with Gasteiger partial charge in [-0.1, -0.05) is 12.1 Å². The molecule has 0 saturated carbocycles. The molecule has 0 bridgehead atoms. The Balaban J connectivity index is 2.28. The highest BCUT2D eigenvalue weighted by molar-refractivity contribution is 5.70. The number of ether oxygens (including phenoxy) is 1. The van der Waals surface area contributed by atoms with Crippen molar-refractivity contribution in [3.05, 3.63) is 29.8 Å². The van der Waals surface area contributed by atoms with Crippen molar-refractivity contribution in [2.75, 3.05) is 7.11 Å². The summed E-state index contributed by atoms with van der Waals surface area (Å²) in [5.74, 6) is -0.523. The predicted octanol–water partition coefficient (Wildman–Crippen LogP) is 0.470. The molecule has 4 unspecified atom stereocenters. The van der Waals surface area contributed by atoms with Gasteiger partial charge in [-0.05, 0) is 24.6 Å². The minimum Gasteiger partial charge on any atom is -0.508 e. The van der Waals surface area contributed by atoms with Gasteiger partial charge in [0.15, 0.2) is 0 Å². The molecule has 1 aromatic carbocycles. The maximum atomic E-state index is 11.6. The number of phenolic OH excluding ortho intramolecular Hbond substituents is 1. The van der Waals surface area contributed by atoms with E-state index in [1.807, 2.05) is 6.92 Å². The molecule has 6 nitrogen and oxygen atoms in total. The fraction of sp³-hybridized carbons (Fsp3) is 0.500. The number of carbonyl (C=O) groups excluding carboxylic acids is 1. The number of aromatic hydroxyl groups is 1. The van der Waals surface area contributed by atoms with Crippen LogP contribution in [0.25, 0.3) is 0 Å². The van der Waals surface area contributed by atoms with E-state index in [2.05, 4.69) is 10.9 Å². The van der Waals surface area contributed by atoms with Gasteiger partial charge >= 0.3 is 5.97 Å². The van der Waals surface area contributed by atoms with Gasteiger partial charge in [-0.15, -0.1) is 0 Å². The van der Waals surface area contributed by atoms with Gasteiger partial charge in [0.25, 0.3) is 0 Å². The first kappa shape index (κ1) is 14.8. The van der Waals surface area contributed by atoms with Crippen LogP contribution >= 0.6 is 0 Å². The number of hydrogen-bond donors (Lipinski definition) is 4. The summed E-state index contributed by atoms with van der Waals surface area (Å²) in [7, 11) is 1.35. The quantitative estimate of drug-likeness (QED) is 0.599. The molecule has 0 spiro atoms. The van der Waals surface area contributed by atoms with E-state index in [0.717, 1.165) is 5.56 Å². The van der Waals surface area contributed by atoms with Crippen LogP contribution in [-0.2, 0) is 9.53 Å². The van der Waals surface area contributed by atoms with Gasteiger partial charge in [-0.3, -0.25) is 10.2 Å². The molecule has 2 rings (SSSR count). The van der Waals surface area contributed by atoms with Crippen LogP contribution in [0.5, 0.6) is 5.75 Å². The van der Waals surface area contributed by atoms with E-state index < -0.39 is 6.23 Å². The number of methoxy groups -OCH3 is 1. The second kappa shape index (κ2) is 6.21. The van der Waals surface area contributed by atoms with Crippen LogP contribution in [0.4, 0.5) is 0 Å². The highest BCUT2D eigenvalue weighted by atomic mass is 16.5. The molecule has 0 radical (unpaired) electrons. The highest BCUT2D eigenvalue weighted by Crippen LogP contribution is 2.35. The molecule has 4 N–H and O–H groups in total. The first-order chi connectivity index (χ1) is 9.52. The van der Waals surface area contributed by atoms with Crippen molar-refractivity contribution in [3.63, 3.8) is 0 Å². The molecule has 1 aliphatic rings. The maximum absolute atomic E-state index is 11.6. The van der Waals surface area contributed by atoms with E-state index in [4.69, 9.17) is 4.74 Å². The fourth-order valence-electron chi connectivity index (χ4n) is 2.71. The summed E-state index contributed by atoms with van der Waals surface area (Å²) in [4.78, 5) is 11.6. The molecule has 0 amide bonds. The van der Waals surface area contributed by atoms with Gasteiger partial charge in [0.1, 0.15) is 12.0 Å². The molecule has 1 heterocycles. The minimum absolute atomic E-state index is 0.00783. The Hall–Kier alpha value is -1.63. The van der Waals surface area contributed by atoms with Crippen molar-refractivity contribution in [2.24, 2.45) is 5.92 Å². The van der Waals surface area contributed by atoms with Crippen molar-refractivity contribution in [1.82, 2.24) is 10.9 Å². The van der Waals surface area contributed by atoms with Crippen molar-refractivity contribution in [2.45, 2.75) is 31.5 Å². The normalized spacial score (nSPS) is 27.2. The number of aliphatic hydroxyl groups excluding tert-OH is 1. The Morgan fingerprint density at radius 1 is 1.35 bits per heavy atom. The topological polar surface area (TPSA) is 90.8 Å². The van der Waals surface area contributed by atoms with Crippen molar-refractivity contribution in [1.29, 1.82) is 0 Å². The van der Waals surface area contributed by atoms with Gasteiger partial charge in [-0.25, -0.2) is 5.43 Å². The Bertz CT molecular complexity index is 453. The minimum atomic E-state index is -0.742. The smallest absolute Gasteiger partial charge is 0.306 e. The summed E-state index contributed by atoms with van der Waals surface area (Å²) >= 11 is 0. The molecule has 6 heteroatoms. The number of nitrogens with one attached hydrogen (secondary N) is 2. The summed E-state index contributed by atoms with van der Waals surface area (Å²) in [5.41, 5.74) is 6.63. The number of benzene rings is 1. The lowest BCUT2D eigenvalue weighted by molar-refractivity contribution is -0.141. The third kappa shape index (κ3) is 3.09. The number of phenols is 1. The first-order valence-electron chi connectivity index (χ1n) is 6.57. The van der Waals surface area contributed by atoms with Crippen LogP contribution in [0.15, 0.2) is 24.3 Å². The fourth-order valence-corrected chi connectivity index (χ4v) is 2.71. The predicted molar refractivity (Wildman–Crippen MR) is 72.7 cm³/mol. The Morgan fingerprint density at radius 3 is 2.50 bits per heavy atom. The number of hydrogen-bond acceptors (Lipinski definition) is 6. The molecule has 1 saturated heterocycles. The third-order valence-corrected chi connectivity index (χ3v) is 3.80. The monoisotopic (exact) mass is 280 g/mol. The second-order valence-electron chi connectivity index (χ2n) is 5.08. The number of aliphatic hydroxyl groups is 1. The van der Waals surface area contributed by atoms with Gasteiger partial charge < -0.3 is 14.9 Å². The van der Waals surface area contributed by atoms with Crippen LogP contribution in [0.1, 0.15) is 24.8 Å². The lowest BCUT2D eigenvalue weighted by atomic mass is 9.79. The Labute approximate surface area is 117 Å². The average molecular weight is 280 g/mol. The highest BCUT2D eigenvalue weighted by Gasteiger charge is 2.39. The molecule has 0 aromatic heterocycles. The molecule has 110 valence electrons. The van der Waals surface area contributed by atoms with E-state index in [1.165, 1.54) is 7.11 Å². The van der Waals surface area contributed by atoms with Gasteiger partial charge in [0, 0.05) is 17.9 Å². The number of hydrazine groups is 1. The van der Waals surface area contributed by atoms with Gasteiger partial charge in [0.2, 0.25) is 0 Å². The third-order valence-electron chi connectivity index (χ3n) is 3.80. The van der Waals surface area contributed by atoms with Crippen LogP contribution < -0.4 is 10.9 Å². The summed E-state index contributed by atoms with van der Waals surface area (Å²) in [5, 5.41) is 19.4.